The van der Waals surface area contributed by atoms with Gasteiger partial charge in [-0.2, -0.15) is 0 Å². The summed E-state index contributed by atoms with van der Waals surface area (Å²) >= 11 is 5.93. The average Bonchev–Trinajstić information content (AvgIpc) is 2.42. The Labute approximate surface area is 122 Å². The number of carbonyl (C=O) groups is 1. The fourth-order valence-electron chi connectivity index (χ4n) is 1.63. The number of carboxylic acid groups (broad SMARTS) is 1. The van der Waals surface area contributed by atoms with Gasteiger partial charge in [-0.05, 0) is 48.4 Å². The lowest BCUT2D eigenvalue weighted by Gasteiger charge is -2.09. The predicted molar refractivity (Wildman–Crippen MR) is 79.4 cm³/mol. The molecule has 0 radical (unpaired) electrons. The van der Waals surface area contributed by atoms with Crippen molar-refractivity contribution in [2.75, 3.05) is 0 Å². The Morgan fingerprint density at radius 3 is 2.55 bits per heavy atom. The van der Waals surface area contributed by atoms with Crippen LogP contribution in [-0.2, 0) is 4.79 Å². The molecule has 0 unspecified atom stereocenters. The molecule has 2 aromatic rings. The van der Waals surface area contributed by atoms with Crippen molar-refractivity contribution in [1.29, 1.82) is 0 Å². The quantitative estimate of drug-likeness (QED) is 0.840. The van der Waals surface area contributed by atoms with Gasteiger partial charge in [-0.25, -0.2) is 4.79 Å². The van der Waals surface area contributed by atoms with Crippen LogP contribution in [0.3, 0.4) is 0 Å². The van der Waals surface area contributed by atoms with E-state index >= 15 is 0 Å². The summed E-state index contributed by atoms with van der Waals surface area (Å²) in [7, 11) is 0. The second kappa shape index (κ2) is 6.26. The number of hydrogen-bond donors (Lipinski definition) is 1. The highest BCUT2D eigenvalue weighted by atomic mass is 35.5. The second-order valence-electron chi connectivity index (χ2n) is 4.25. The predicted octanol–water partition coefficient (Wildman–Crippen LogP) is 4.54. The van der Waals surface area contributed by atoms with E-state index in [1.165, 1.54) is 6.08 Å². The standard InChI is InChI=1S/C16H13ClO3/c1-11-2-6-13(17)10-15(11)20-14-7-3-12(4-8-14)5-9-16(18)19/h2-10H,1H3,(H,18,19). The lowest BCUT2D eigenvalue weighted by Crippen LogP contribution is -1.88. The fourth-order valence-corrected chi connectivity index (χ4v) is 1.79. The Balaban J connectivity index is 2.14. The van der Waals surface area contributed by atoms with Crippen molar-refractivity contribution in [1.82, 2.24) is 0 Å². The third-order valence-corrected chi connectivity index (χ3v) is 2.91. The van der Waals surface area contributed by atoms with E-state index in [1.54, 1.807) is 30.3 Å². The molecule has 0 amide bonds. The molecule has 0 aromatic heterocycles. The summed E-state index contributed by atoms with van der Waals surface area (Å²) in [5.41, 5.74) is 1.78. The average molecular weight is 289 g/mol. The van der Waals surface area contributed by atoms with Crippen molar-refractivity contribution in [2.24, 2.45) is 0 Å². The number of carboxylic acids is 1. The van der Waals surface area contributed by atoms with Crippen molar-refractivity contribution < 1.29 is 14.6 Å². The van der Waals surface area contributed by atoms with Crippen LogP contribution in [0.25, 0.3) is 6.08 Å². The lowest BCUT2D eigenvalue weighted by atomic mass is 10.2. The van der Waals surface area contributed by atoms with E-state index in [9.17, 15) is 4.79 Å². The van der Waals surface area contributed by atoms with Gasteiger partial charge in [0.2, 0.25) is 0 Å². The van der Waals surface area contributed by atoms with Gasteiger partial charge in [0.15, 0.2) is 0 Å². The fraction of sp³-hybridized carbons (Fsp3) is 0.0625. The van der Waals surface area contributed by atoms with Crippen LogP contribution in [0.1, 0.15) is 11.1 Å². The van der Waals surface area contributed by atoms with Crippen LogP contribution >= 0.6 is 11.6 Å². The number of benzene rings is 2. The van der Waals surface area contributed by atoms with Gasteiger partial charge in [0.05, 0.1) is 0 Å². The Kier molecular flexibility index (Phi) is 4.43. The lowest BCUT2D eigenvalue weighted by molar-refractivity contribution is -0.131. The first-order valence-electron chi connectivity index (χ1n) is 6.00. The molecule has 3 nitrogen and oxygen atoms in total. The zero-order valence-corrected chi connectivity index (χ0v) is 11.6. The van der Waals surface area contributed by atoms with Crippen LogP contribution in [0.4, 0.5) is 0 Å². The van der Waals surface area contributed by atoms with Crippen LogP contribution < -0.4 is 4.74 Å². The van der Waals surface area contributed by atoms with Crippen molar-refractivity contribution in [2.45, 2.75) is 6.92 Å². The molecule has 0 atom stereocenters. The summed E-state index contributed by atoms with van der Waals surface area (Å²) in [6.07, 6.45) is 2.62. The Bertz CT molecular complexity index is 645. The van der Waals surface area contributed by atoms with Crippen molar-refractivity contribution in [3.05, 3.63) is 64.7 Å². The minimum atomic E-state index is -0.972. The molecule has 0 aliphatic rings. The number of hydrogen-bond acceptors (Lipinski definition) is 2. The van der Waals surface area contributed by atoms with Crippen LogP contribution in [0.2, 0.25) is 5.02 Å². The zero-order valence-electron chi connectivity index (χ0n) is 10.8. The Morgan fingerprint density at radius 1 is 1.20 bits per heavy atom. The van der Waals surface area contributed by atoms with Gasteiger partial charge in [-0.15, -0.1) is 0 Å². The summed E-state index contributed by atoms with van der Waals surface area (Å²) in [6, 6.07) is 12.6. The van der Waals surface area contributed by atoms with Crippen molar-refractivity contribution in [3.8, 4) is 11.5 Å². The SMILES string of the molecule is Cc1ccc(Cl)cc1Oc1ccc(C=CC(=O)O)cc1. The van der Waals surface area contributed by atoms with Gasteiger partial charge in [0, 0.05) is 11.1 Å². The molecule has 4 heteroatoms. The Morgan fingerprint density at radius 2 is 1.90 bits per heavy atom. The van der Waals surface area contributed by atoms with E-state index in [0.717, 1.165) is 17.2 Å². The molecule has 0 heterocycles. The molecule has 1 N–H and O–H groups in total. The van der Waals surface area contributed by atoms with Crippen LogP contribution in [0.5, 0.6) is 11.5 Å². The van der Waals surface area contributed by atoms with E-state index in [1.807, 2.05) is 19.1 Å². The number of ether oxygens (including phenoxy) is 1. The summed E-state index contributed by atoms with van der Waals surface area (Å²) < 4.78 is 5.75. The maximum atomic E-state index is 10.4. The number of halogens is 1. The molecule has 0 bridgehead atoms. The Hall–Kier alpha value is -2.26. The van der Waals surface area contributed by atoms with Crippen LogP contribution in [0.15, 0.2) is 48.5 Å². The first kappa shape index (κ1) is 14.2. The first-order chi connectivity index (χ1) is 9.54. The summed E-state index contributed by atoms with van der Waals surface area (Å²) in [6.45, 7) is 1.94. The third kappa shape index (κ3) is 3.87. The normalized spacial score (nSPS) is 10.7. The summed E-state index contributed by atoms with van der Waals surface area (Å²) in [5.74, 6) is 0.397. The molecule has 2 rings (SSSR count). The van der Waals surface area contributed by atoms with Gasteiger partial charge in [-0.1, -0.05) is 29.8 Å². The molecule has 20 heavy (non-hydrogen) atoms. The number of aliphatic carboxylic acids is 1. The minimum absolute atomic E-state index is 0.617. The highest BCUT2D eigenvalue weighted by molar-refractivity contribution is 6.30. The highest BCUT2D eigenvalue weighted by Crippen LogP contribution is 2.28. The van der Waals surface area contributed by atoms with Gasteiger partial charge in [-0.3, -0.25) is 0 Å². The second-order valence-corrected chi connectivity index (χ2v) is 4.69. The van der Waals surface area contributed by atoms with E-state index in [2.05, 4.69) is 0 Å². The van der Waals surface area contributed by atoms with Gasteiger partial charge in [0.1, 0.15) is 11.5 Å². The maximum Gasteiger partial charge on any atom is 0.328 e. The monoisotopic (exact) mass is 288 g/mol. The maximum absolute atomic E-state index is 10.4. The number of rotatable bonds is 4. The molecule has 102 valence electrons. The van der Waals surface area contributed by atoms with Crippen LogP contribution in [0, 0.1) is 6.92 Å². The zero-order chi connectivity index (χ0) is 14.5. The van der Waals surface area contributed by atoms with Gasteiger partial charge >= 0.3 is 5.97 Å². The molecule has 0 fully saturated rings. The molecule has 0 saturated heterocycles. The van der Waals surface area contributed by atoms with Crippen LogP contribution in [-0.4, -0.2) is 11.1 Å². The topological polar surface area (TPSA) is 46.5 Å². The largest absolute Gasteiger partial charge is 0.478 e. The minimum Gasteiger partial charge on any atom is -0.478 e. The van der Waals surface area contributed by atoms with E-state index in [0.29, 0.717) is 16.5 Å². The van der Waals surface area contributed by atoms with E-state index < -0.39 is 5.97 Å². The third-order valence-electron chi connectivity index (χ3n) is 2.68. The van der Waals surface area contributed by atoms with E-state index in [4.69, 9.17) is 21.4 Å². The van der Waals surface area contributed by atoms with Gasteiger partial charge < -0.3 is 9.84 Å². The highest BCUT2D eigenvalue weighted by Gasteiger charge is 2.02. The smallest absolute Gasteiger partial charge is 0.328 e. The molecular formula is C16H13ClO3. The van der Waals surface area contributed by atoms with E-state index in [-0.39, 0.29) is 0 Å². The molecule has 2 aromatic carbocycles. The summed E-state index contributed by atoms with van der Waals surface area (Å²) in [4.78, 5) is 10.4. The number of aryl methyl sites for hydroxylation is 1. The molecule has 0 saturated carbocycles. The molecular weight excluding hydrogens is 276 g/mol. The van der Waals surface area contributed by atoms with Crippen molar-refractivity contribution in [3.63, 3.8) is 0 Å². The first-order valence-corrected chi connectivity index (χ1v) is 6.37. The molecule has 0 aliphatic heterocycles. The summed E-state index contributed by atoms with van der Waals surface area (Å²) in [5, 5.41) is 9.17. The molecule has 0 aliphatic carbocycles. The van der Waals surface area contributed by atoms with Crippen molar-refractivity contribution >= 4 is 23.6 Å². The van der Waals surface area contributed by atoms with Gasteiger partial charge in [0.25, 0.3) is 0 Å². The molecule has 0 spiro atoms.